The van der Waals surface area contributed by atoms with Gasteiger partial charge in [0.25, 0.3) is 5.91 Å². The third-order valence-electron chi connectivity index (χ3n) is 5.27. The van der Waals surface area contributed by atoms with E-state index < -0.39 is 9.84 Å². The van der Waals surface area contributed by atoms with Crippen LogP contribution in [0.2, 0.25) is 0 Å². The van der Waals surface area contributed by atoms with Crippen molar-refractivity contribution in [2.75, 3.05) is 0 Å². The lowest BCUT2D eigenvalue weighted by Crippen LogP contribution is -2.23. The van der Waals surface area contributed by atoms with Crippen molar-refractivity contribution in [1.82, 2.24) is 20.3 Å². The Morgan fingerprint density at radius 1 is 0.906 bits per heavy atom. The molecule has 0 aliphatic rings. The molecule has 3 aromatic heterocycles. The van der Waals surface area contributed by atoms with Crippen LogP contribution in [0.4, 0.5) is 0 Å². The van der Waals surface area contributed by atoms with Crippen LogP contribution in [0, 0.1) is 0 Å². The summed E-state index contributed by atoms with van der Waals surface area (Å²) < 4.78 is 26.4. The van der Waals surface area contributed by atoms with Crippen LogP contribution < -0.4 is 5.32 Å². The summed E-state index contributed by atoms with van der Waals surface area (Å²) in [4.78, 5) is 24.0. The fraction of sp³-hybridized carbons (Fsp3) is 0.0417. The van der Waals surface area contributed by atoms with Crippen molar-refractivity contribution in [3.63, 3.8) is 0 Å². The Balaban J connectivity index is 1.34. The zero-order valence-electron chi connectivity index (χ0n) is 16.8. The molecule has 2 aromatic carbocycles. The fourth-order valence-corrected chi connectivity index (χ4v) is 5.01. The van der Waals surface area contributed by atoms with Gasteiger partial charge in [0.05, 0.1) is 9.79 Å². The lowest BCUT2D eigenvalue weighted by Gasteiger charge is -2.09. The molecule has 5 rings (SSSR count). The average Bonchev–Trinajstić information content (AvgIpc) is 3.27. The minimum Gasteiger partial charge on any atom is -0.350 e. The highest BCUT2D eigenvalue weighted by Gasteiger charge is 2.20. The Bertz CT molecular complexity index is 1520. The molecule has 7 nitrogen and oxygen atoms in total. The van der Waals surface area contributed by atoms with Gasteiger partial charge in [-0.2, -0.15) is 0 Å². The number of aromatic nitrogens is 3. The van der Waals surface area contributed by atoms with E-state index in [0.29, 0.717) is 11.1 Å². The van der Waals surface area contributed by atoms with Crippen molar-refractivity contribution < 1.29 is 13.2 Å². The maximum absolute atomic E-state index is 13.2. The van der Waals surface area contributed by atoms with Crippen LogP contribution in [0.3, 0.4) is 0 Å². The number of benzene rings is 2. The van der Waals surface area contributed by atoms with Gasteiger partial charge in [0, 0.05) is 53.0 Å². The molecule has 0 aliphatic carbocycles. The van der Waals surface area contributed by atoms with Gasteiger partial charge >= 0.3 is 0 Å². The molecule has 0 fully saturated rings. The number of nitrogens with zero attached hydrogens (tertiary/aromatic N) is 2. The molecular formula is C24H18N4O3S. The maximum Gasteiger partial charge on any atom is 0.267 e. The molecule has 1 amide bonds. The average molecular weight is 443 g/mol. The third-order valence-corrected chi connectivity index (χ3v) is 7.07. The number of hydrogen-bond acceptors (Lipinski definition) is 5. The minimum atomic E-state index is -3.73. The second-order valence-electron chi connectivity index (χ2n) is 7.33. The van der Waals surface area contributed by atoms with Gasteiger partial charge in [0.1, 0.15) is 5.69 Å². The van der Waals surface area contributed by atoms with Crippen LogP contribution >= 0.6 is 0 Å². The summed E-state index contributed by atoms with van der Waals surface area (Å²) in [6.07, 6.45) is 6.36. The molecule has 32 heavy (non-hydrogen) atoms. The van der Waals surface area contributed by atoms with E-state index in [1.165, 1.54) is 6.20 Å². The highest BCUT2D eigenvalue weighted by molar-refractivity contribution is 7.91. The number of aromatic amines is 1. The Kier molecular flexibility index (Phi) is 4.91. The summed E-state index contributed by atoms with van der Waals surface area (Å²) in [5.74, 6) is -0.250. The van der Waals surface area contributed by atoms with E-state index in [9.17, 15) is 13.2 Å². The van der Waals surface area contributed by atoms with Crippen molar-refractivity contribution >= 4 is 37.4 Å². The van der Waals surface area contributed by atoms with Crippen molar-refractivity contribution in [2.45, 2.75) is 16.3 Å². The molecule has 0 unspecified atom stereocenters. The topological polar surface area (TPSA) is 105 Å². The maximum atomic E-state index is 13.2. The van der Waals surface area contributed by atoms with Gasteiger partial charge in [-0.1, -0.05) is 36.4 Å². The van der Waals surface area contributed by atoms with E-state index in [-0.39, 0.29) is 22.2 Å². The molecule has 0 bridgehead atoms. The number of nitrogens with one attached hydrogen (secondary N) is 2. The highest BCUT2D eigenvalue weighted by atomic mass is 32.2. The molecule has 8 heteroatoms. The lowest BCUT2D eigenvalue weighted by atomic mass is 10.2. The number of carbonyl (C=O) groups is 1. The largest absolute Gasteiger partial charge is 0.350 e. The second kappa shape index (κ2) is 7.90. The summed E-state index contributed by atoms with van der Waals surface area (Å²) in [6.45, 7) is 0.266. The first-order valence-corrected chi connectivity index (χ1v) is 11.4. The molecule has 158 valence electrons. The highest BCUT2D eigenvalue weighted by Crippen LogP contribution is 2.27. The molecule has 5 aromatic rings. The molecule has 0 saturated heterocycles. The van der Waals surface area contributed by atoms with Crippen LogP contribution in [0.25, 0.3) is 21.7 Å². The van der Waals surface area contributed by atoms with Crippen LogP contribution in [-0.4, -0.2) is 29.3 Å². The van der Waals surface area contributed by atoms with Crippen molar-refractivity contribution in [1.29, 1.82) is 0 Å². The Morgan fingerprint density at radius 2 is 1.69 bits per heavy atom. The smallest absolute Gasteiger partial charge is 0.267 e. The summed E-state index contributed by atoms with van der Waals surface area (Å²) in [6, 6.07) is 17.3. The van der Waals surface area contributed by atoms with Crippen LogP contribution in [-0.2, 0) is 16.4 Å². The summed E-state index contributed by atoms with van der Waals surface area (Å²) in [7, 11) is -3.73. The molecule has 0 radical (unpaired) electrons. The summed E-state index contributed by atoms with van der Waals surface area (Å²) >= 11 is 0. The van der Waals surface area contributed by atoms with Crippen molar-refractivity contribution in [3.8, 4) is 0 Å². The van der Waals surface area contributed by atoms with Gasteiger partial charge in [0.2, 0.25) is 9.84 Å². The zero-order valence-corrected chi connectivity index (χ0v) is 17.6. The summed E-state index contributed by atoms with van der Waals surface area (Å²) in [5.41, 5.74) is 2.06. The first-order valence-electron chi connectivity index (χ1n) is 9.90. The van der Waals surface area contributed by atoms with Gasteiger partial charge in [-0.05, 0) is 29.8 Å². The number of sulfone groups is 1. The third kappa shape index (κ3) is 3.61. The molecular weight excluding hydrogens is 424 g/mol. The summed E-state index contributed by atoms with van der Waals surface area (Å²) in [5, 5.41) is 5.09. The first-order chi connectivity index (χ1) is 15.5. The second-order valence-corrected chi connectivity index (χ2v) is 9.25. The Labute approximate surface area is 184 Å². The van der Waals surface area contributed by atoms with Crippen LogP contribution in [0.1, 0.15) is 16.1 Å². The van der Waals surface area contributed by atoms with Crippen molar-refractivity contribution in [3.05, 3.63) is 96.7 Å². The normalized spacial score (nSPS) is 11.6. The number of fused-ring (bicyclic) bond motifs is 2. The van der Waals surface area contributed by atoms with E-state index in [1.54, 1.807) is 67.1 Å². The molecule has 0 aliphatic heterocycles. The quantitative estimate of drug-likeness (QED) is 0.430. The fourth-order valence-electron chi connectivity index (χ4n) is 3.59. The predicted octanol–water partition coefficient (Wildman–Crippen LogP) is 3.87. The number of pyridine rings is 2. The van der Waals surface area contributed by atoms with E-state index in [2.05, 4.69) is 20.3 Å². The molecule has 0 saturated carbocycles. The van der Waals surface area contributed by atoms with Crippen LogP contribution in [0.15, 0.2) is 95.2 Å². The van der Waals surface area contributed by atoms with Gasteiger partial charge in [-0.3, -0.25) is 14.8 Å². The molecule has 3 heterocycles. The zero-order chi connectivity index (χ0) is 22.1. The Morgan fingerprint density at radius 3 is 2.50 bits per heavy atom. The monoisotopic (exact) mass is 442 g/mol. The van der Waals surface area contributed by atoms with Gasteiger partial charge in [0.15, 0.2) is 0 Å². The van der Waals surface area contributed by atoms with E-state index in [1.807, 2.05) is 12.1 Å². The van der Waals surface area contributed by atoms with Gasteiger partial charge in [-0.15, -0.1) is 0 Å². The number of hydrogen-bond donors (Lipinski definition) is 2. The van der Waals surface area contributed by atoms with E-state index in [0.717, 1.165) is 21.9 Å². The van der Waals surface area contributed by atoms with Crippen LogP contribution in [0.5, 0.6) is 0 Å². The molecule has 0 atom stereocenters. The molecule has 2 N–H and O–H groups in total. The number of rotatable bonds is 5. The van der Waals surface area contributed by atoms with Crippen molar-refractivity contribution in [2.24, 2.45) is 0 Å². The predicted molar refractivity (Wildman–Crippen MR) is 121 cm³/mol. The minimum absolute atomic E-state index is 0.171. The van der Waals surface area contributed by atoms with Gasteiger partial charge in [-0.25, -0.2) is 8.42 Å². The standard InChI is InChI=1S/C24H18N4O3S/c29-24(22-11-18-14-25-10-9-21(18)28-22)27-12-16-5-7-19(8-6-16)32(30,31)23-15-26-13-17-3-1-2-4-20(17)23/h1-11,13-15,28H,12H2,(H,27,29). The first kappa shape index (κ1) is 19.9. The van der Waals surface area contributed by atoms with E-state index in [4.69, 9.17) is 0 Å². The molecule has 0 spiro atoms. The Hall–Kier alpha value is -4.04. The number of carbonyl (C=O) groups excluding carboxylic acids is 1. The SMILES string of the molecule is O=C(NCc1ccc(S(=O)(=O)c2cncc3ccccc23)cc1)c1cc2cnccc2[nH]1. The van der Waals surface area contributed by atoms with Gasteiger partial charge < -0.3 is 10.3 Å². The number of H-pyrrole nitrogens is 1. The number of amides is 1. The van der Waals surface area contributed by atoms with E-state index >= 15 is 0 Å². The lowest BCUT2D eigenvalue weighted by molar-refractivity contribution is 0.0946.